The number of para-hydroxylation sites is 1. The predicted molar refractivity (Wildman–Crippen MR) is 78.8 cm³/mol. The van der Waals surface area contributed by atoms with E-state index in [4.69, 9.17) is 21.1 Å². The lowest BCUT2D eigenvalue weighted by molar-refractivity contribution is -0.157. The normalized spacial score (nSPS) is 11.7. The van der Waals surface area contributed by atoms with E-state index in [-0.39, 0.29) is 5.88 Å². The first-order valence-corrected chi connectivity index (χ1v) is 6.80. The predicted octanol–water partition coefficient (Wildman–Crippen LogP) is 3.86. The van der Waals surface area contributed by atoms with Crippen LogP contribution < -0.4 is 4.74 Å². The molecule has 0 aliphatic rings. The van der Waals surface area contributed by atoms with Gasteiger partial charge in [0.25, 0.3) is 0 Å². The van der Waals surface area contributed by atoms with E-state index in [1.165, 1.54) is 0 Å². The molecule has 2 aromatic rings. The molecular weight excluding hydrogens is 276 g/mol. The summed E-state index contributed by atoms with van der Waals surface area (Å²) < 4.78 is 10.7. The standard InChI is InChI=1S/C16H15ClO3/c1-12(20-16(18)11-17)19-15-10-6-5-9-14(15)13-7-3-2-4-8-13/h2-10,12H,11H2,1H3. The first kappa shape index (κ1) is 14.4. The van der Waals surface area contributed by atoms with Gasteiger partial charge in [-0.3, -0.25) is 4.79 Å². The van der Waals surface area contributed by atoms with Crippen LogP contribution in [0.2, 0.25) is 0 Å². The summed E-state index contributed by atoms with van der Waals surface area (Å²) in [5.74, 6) is -0.0291. The van der Waals surface area contributed by atoms with Crippen LogP contribution in [0.15, 0.2) is 54.6 Å². The highest BCUT2D eigenvalue weighted by Gasteiger charge is 2.12. The molecule has 0 amide bonds. The van der Waals surface area contributed by atoms with Crippen molar-refractivity contribution in [2.75, 3.05) is 5.88 Å². The van der Waals surface area contributed by atoms with E-state index >= 15 is 0 Å². The molecule has 0 radical (unpaired) electrons. The molecule has 0 saturated carbocycles. The lowest BCUT2D eigenvalue weighted by Gasteiger charge is -2.17. The number of carbonyl (C=O) groups is 1. The number of benzene rings is 2. The van der Waals surface area contributed by atoms with Gasteiger partial charge in [0.1, 0.15) is 11.6 Å². The number of esters is 1. The van der Waals surface area contributed by atoms with Gasteiger partial charge in [0.15, 0.2) is 0 Å². The van der Waals surface area contributed by atoms with Crippen LogP contribution >= 0.6 is 11.6 Å². The van der Waals surface area contributed by atoms with Crippen LogP contribution in [0.3, 0.4) is 0 Å². The fourth-order valence-corrected chi connectivity index (χ4v) is 1.91. The summed E-state index contributed by atoms with van der Waals surface area (Å²) in [6.07, 6.45) is -0.689. The van der Waals surface area contributed by atoms with Crippen molar-refractivity contribution in [3.05, 3.63) is 54.6 Å². The first-order chi connectivity index (χ1) is 9.70. The van der Waals surface area contributed by atoms with Gasteiger partial charge in [0.05, 0.1) is 0 Å². The van der Waals surface area contributed by atoms with Crippen LogP contribution in [0.1, 0.15) is 6.92 Å². The molecule has 0 fully saturated rings. The SMILES string of the molecule is CC(OC(=O)CCl)Oc1ccccc1-c1ccccc1. The van der Waals surface area contributed by atoms with Gasteiger partial charge in [-0.05, 0) is 11.6 Å². The van der Waals surface area contributed by atoms with E-state index in [0.717, 1.165) is 11.1 Å². The van der Waals surface area contributed by atoms with Crippen LogP contribution in [0.25, 0.3) is 11.1 Å². The molecule has 0 bridgehead atoms. The van der Waals surface area contributed by atoms with Gasteiger partial charge in [-0.1, -0.05) is 48.5 Å². The molecule has 0 aromatic heterocycles. The van der Waals surface area contributed by atoms with E-state index in [9.17, 15) is 4.79 Å². The van der Waals surface area contributed by atoms with Crippen LogP contribution in [0.5, 0.6) is 5.75 Å². The van der Waals surface area contributed by atoms with Crippen LogP contribution in [-0.2, 0) is 9.53 Å². The van der Waals surface area contributed by atoms with Crippen molar-refractivity contribution in [2.24, 2.45) is 0 Å². The number of rotatable bonds is 5. The molecule has 0 heterocycles. The lowest BCUT2D eigenvalue weighted by Crippen LogP contribution is -2.21. The molecule has 1 unspecified atom stereocenters. The molecule has 0 aliphatic carbocycles. The van der Waals surface area contributed by atoms with E-state index in [1.807, 2.05) is 54.6 Å². The van der Waals surface area contributed by atoms with Gasteiger partial charge < -0.3 is 9.47 Å². The van der Waals surface area contributed by atoms with Crippen molar-refractivity contribution in [1.82, 2.24) is 0 Å². The zero-order valence-corrected chi connectivity index (χ0v) is 11.8. The number of halogens is 1. The van der Waals surface area contributed by atoms with E-state index in [0.29, 0.717) is 5.75 Å². The monoisotopic (exact) mass is 290 g/mol. The summed E-state index contributed by atoms with van der Waals surface area (Å²) in [5.41, 5.74) is 1.99. The minimum absolute atomic E-state index is 0.186. The minimum atomic E-state index is -0.689. The fraction of sp³-hybridized carbons (Fsp3) is 0.188. The van der Waals surface area contributed by atoms with Gasteiger partial charge in [-0.25, -0.2) is 0 Å². The summed E-state index contributed by atoms with van der Waals surface area (Å²) in [7, 11) is 0. The van der Waals surface area contributed by atoms with Gasteiger partial charge in [0.2, 0.25) is 6.29 Å². The minimum Gasteiger partial charge on any atom is -0.454 e. The maximum absolute atomic E-state index is 11.1. The fourth-order valence-electron chi connectivity index (χ4n) is 1.85. The van der Waals surface area contributed by atoms with Gasteiger partial charge in [0, 0.05) is 12.5 Å². The third kappa shape index (κ3) is 3.75. The highest BCUT2D eigenvalue weighted by molar-refractivity contribution is 6.26. The van der Waals surface area contributed by atoms with Crippen LogP contribution in [0, 0.1) is 0 Å². The van der Waals surface area contributed by atoms with E-state index < -0.39 is 12.3 Å². The Morgan fingerprint density at radius 2 is 1.75 bits per heavy atom. The zero-order valence-electron chi connectivity index (χ0n) is 11.1. The Labute approximate surface area is 123 Å². The first-order valence-electron chi connectivity index (χ1n) is 6.27. The molecule has 0 saturated heterocycles. The Hall–Kier alpha value is -2.00. The quantitative estimate of drug-likeness (QED) is 0.476. The van der Waals surface area contributed by atoms with E-state index in [1.54, 1.807) is 6.92 Å². The molecular formula is C16H15ClO3. The Balaban J connectivity index is 2.19. The topological polar surface area (TPSA) is 35.5 Å². The van der Waals surface area contributed by atoms with E-state index in [2.05, 4.69) is 0 Å². The highest BCUT2D eigenvalue weighted by Crippen LogP contribution is 2.30. The molecule has 104 valence electrons. The molecule has 0 N–H and O–H groups in total. The summed E-state index contributed by atoms with van der Waals surface area (Å²) in [6, 6.07) is 17.5. The smallest absolute Gasteiger partial charge is 0.323 e. The Kier molecular flexibility index (Phi) is 5.02. The number of hydrogen-bond acceptors (Lipinski definition) is 3. The van der Waals surface area contributed by atoms with Crippen molar-refractivity contribution in [3.8, 4) is 16.9 Å². The number of ether oxygens (including phenoxy) is 2. The second kappa shape index (κ2) is 6.96. The average molecular weight is 291 g/mol. The molecule has 2 rings (SSSR count). The van der Waals surface area contributed by atoms with Gasteiger partial charge >= 0.3 is 5.97 Å². The third-order valence-corrected chi connectivity index (χ3v) is 2.89. The summed E-state index contributed by atoms with van der Waals surface area (Å²) in [5, 5.41) is 0. The average Bonchev–Trinajstić information content (AvgIpc) is 2.48. The lowest BCUT2D eigenvalue weighted by atomic mass is 10.1. The van der Waals surface area contributed by atoms with Crippen molar-refractivity contribution in [1.29, 1.82) is 0 Å². The maximum atomic E-state index is 11.1. The van der Waals surface area contributed by atoms with Crippen LogP contribution in [0.4, 0.5) is 0 Å². The second-order valence-electron chi connectivity index (χ2n) is 4.17. The van der Waals surface area contributed by atoms with Crippen molar-refractivity contribution < 1.29 is 14.3 Å². The van der Waals surface area contributed by atoms with Gasteiger partial charge in [-0.15, -0.1) is 11.6 Å². The molecule has 4 heteroatoms. The molecule has 1 atom stereocenters. The van der Waals surface area contributed by atoms with Crippen molar-refractivity contribution >= 4 is 17.6 Å². The molecule has 2 aromatic carbocycles. The summed E-state index contributed by atoms with van der Waals surface area (Å²) in [4.78, 5) is 11.1. The molecule has 0 aliphatic heterocycles. The number of alkyl halides is 1. The number of hydrogen-bond donors (Lipinski definition) is 0. The molecule has 3 nitrogen and oxygen atoms in total. The van der Waals surface area contributed by atoms with Gasteiger partial charge in [-0.2, -0.15) is 0 Å². The highest BCUT2D eigenvalue weighted by atomic mass is 35.5. The second-order valence-corrected chi connectivity index (χ2v) is 4.44. The third-order valence-electron chi connectivity index (χ3n) is 2.67. The number of carbonyl (C=O) groups excluding carboxylic acids is 1. The Morgan fingerprint density at radius 1 is 1.10 bits per heavy atom. The van der Waals surface area contributed by atoms with Crippen molar-refractivity contribution in [3.63, 3.8) is 0 Å². The summed E-state index contributed by atoms with van der Waals surface area (Å²) in [6.45, 7) is 1.66. The Bertz CT molecular complexity index is 569. The largest absolute Gasteiger partial charge is 0.454 e. The summed E-state index contributed by atoms with van der Waals surface area (Å²) >= 11 is 5.40. The maximum Gasteiger partial charge on any atom is 0.323 e. The zero-order chi connectivity index (χ0) is 14.4. The Morgan fingerprint density at radius 3 is 2.45 bits per heavy atom. The molecule has 20 heavy (non-hydrogen) atoms. The van der Waals surface area contributed by atoms with Crippen LogP contribution in [-0.4, -0.2) is 18.1 Å². The molecule has 0 spiro atoms. The van der Waals surface area contributed by atoms with Crippen molar-refractivity contribution in [2.45, 2.75) is 13.2 Å².